The van der Waals surface area contributed by atoms with Gasteiger partial charge < -0.3 is 14.2 Å². The van der Waals surface area contributed by atoms with Crippen LogP contribution in [0.3, 0.4) is 0 Å². The second-order valence-electron chi connectivity index (χ2n) is 6.82. The molecule has 3 aromatic rings. The van der Waals surface area contributed by atoms with E-state index in [0.29, 0.717) is 40.5 Å². The number of carbonyl (C=O) groups is 2. The minimum Gasteiger partial charge on any atom is -0.497 e. The van der Waals surface area contributed by atoms with Crippen molar-refractivity contribution >= 4 is 18.1 Å². The monoisotopic (exact) mass is 432 g/mol. The maximum Gasteiger partial charge on any atom is 0.343 e. The Morgan fingerprint density at radius 3 is 2.28 bits per heavy atom. The first-order valence-corrected chi connectivity index (χ1v) is 10.0. The van der Waals surface area contributed by atoms with Crippen molar-refractivity contribution in [1.82, 2.24) is 5.43 Å². The van der Waals surface area contributed by atoms with Gasteiger partial charge in [0.1, 0.15) is 5.75 Å². The summed E-state index contributed by atoms with van der Waals surface area (Å²) in [6.07, 6.45) is 1.48. The number of hydrogen-bond acceptors (Lipinski definition) is 6. The maximum atomic E-state index is 12.4. The molecule has 0 saturated heterocycles. The van der Waals surface area contributed by atoms with Crippen molar-refractivity contribution in [1.29, 1.82) is 0 Å². The second-order valence-corrected chi connectivity index (χ2v) is 6.82. The fourth-order valence-corrected chi connectivity index (χ4v) is 2.78. The fourth-order valence-electron chi connectivity index (χ4n) is 2.78. The van der Waals surface area contributed by atoms with E-state index in [1.807, 2.05) is 26.0 Å². The first-order chi connectivity index (χ1) is 15.5. The lowest BCUT2D eigenvalue weighted by Crippen LogP contribution is -2.17. The van der Waals surface area contributed by atoms with Gasteiger partial charge >= 0.3 is 5.97 Å². The number of nitrogens with zero attached hydrogens (tertiary/aromatic N) is 1. The molecule has 0 fully saturated rings. The van der Waals surface area contributed by atoms with Crippen molar-refractivity contribution < 1.29 is 23.8 Å². The van der Waals surface area contributed by atoms with Crippen LogP contribution in [-0.4, -0.2) is 31.8 Å². The number of hydrogen-bond donors (Lipinski definition) is 1. The van der Waals surface area contributed by atoms with Crippen LogP contribution in [0, 0.1) is 6.92 Å². The predicted molar refractivity (Wildman–Crippen MR) is 122 cm³/mol. The number of nitrogens with one attached hydrogen (secondary N) is 1. The molecule has 0 atom stereocenters. The lowest BCUT2D eigenvalue weighted by molar-refractivity contribution is 0.0728. The SMILES string of the molecule is CCOc1cc(/C=N/NC(=O)c2ccc(OC)cc2)ccc1OC(=O)c1ccc(C)cc1. The van der Waals surface area contributed by atoms with E-state index in [1.165, 1.54) is 6.21 Å². The summed E-state index contributed by atoms with van der Waals surface area (Å²) < 4.78 is 16.2. The van der Waals surface area contributed by atoms with Gasteiger partial charge in [0.2, 0.25) is 0 Å². The van der Waals surface area contributed by atoms with Crippen molar-refractivity contribution in [3.63, 3.8) is 0 Å². The number of esters is 1. The number of carbonyl (C=O) groups excluding carboxylic acids is 2. The van der Waals surface area contributed by atoms with Crippen LogP contribution < -0.4 is 19.6 Å². The first-order valence-electron chi connectivity index (χ1n) is 10.0. The Morgan fingerprint density at radius 2 is 1.62 bits per heavy atom. The molecule has 0 aliphatic rings. The molecule has 1 N–H and O–H groups in total. The molecule has 0 spiro atoms. The molecule has 0 heterocycles. The van der Waals surface area contributed by atoms with Crippen LogP contribution in [0.25, 0.3) is 0 Å². The molecular formula is C25H24N2O5. The van der Waals surface area contributed by atoms with Crippen molar-refractivity contribution in [2.24, 2.45) is 5.10 Å². The summed E-state index contributed by atoms with van der Waals surface area (Å²) in [6.45, 7) is 4.17. The Labute approximate surface area is 186 Å². The Kier molecular flexibility index (Phi) is 7.59. The lowest BCUT2D eigenvalue weighted by Gasteiger charge is -2.11. The molecule has 7 nitrogen and oxygen atoms in total. The van der Waals surface area contributed by atoms with E-state index < -0.39 is 5.97 Å². The normalized spacial score (nSPS) is 10.6. The van der Waals surface area contributed by atoms with Gasteiger partial charge in [-0.05, 0) is 74.0 Å². The standard InChI is InChI=1S/C25H24N2O5/c1-4-31-23-15-18(16-26-27-24(28)19-10-12-21(30-3)13-11-19)7-14-22(23)32-25(29)20-8-5-17(2)6-9-20/h5-16H,4H2,1-3H3,(H,27,28)/b26-16+. The average Bonchev–Trinajstić information content (AvgIpc) is 2.81. The third kappa shape index (κ3) is 5.95. The summed E-state index contributed by atoms with van der Waals surface area (Å²) >= 11 is 0. The highest BCUT2D eigenvalue weighted by atomic mass is 16.6. The van der Waals surface area contributed by atoms with E-state index in [9.17, 15) is 9.59 Å². The zero-order valence-electron chi connectivity index (χ0n) is 18.1. The lowest BCUT2D eigenvalue weighted by atomic mass is 10.1. The van der Waals surface area contributed by atoms with E-state index in [-0.39, 0.29) is 5.91 Å². The van der Waals surface area contributed by atoms with Crippen molar-refractivity contribution in [2.45, 2.75) is 13.8 Å². The summed E-state index contributed by atoms with van der Waals surface area (Å²) in [5, 5.41) is 3.99. The summed E-state index contributed by atoms with van der Waals surface area (Å²) in [6, 6.07) is 18.8. The van der Waals surface area contributed by atoms with Gasteiger partial charge in [-0.15, -0.1) is 0 Å². The third-order valence-electron chi connectivity index (χ3n) is 4.49. The Bertz CT molecular complexity index is 1110. The average molecular weight is 432 g/mol. The molecule has 0 aliphatic carbocycles. The Balaban J connectivity index is 1.68. The second kappa shape index (κ2) is 10.8. The van der Waals surface area contributed by atoms with Crippen LogP contribution in [0.4, 0.5) is 0 Å². The van der Waals surface area contributed by atoms with Gasteiger partial charge in [0.05, 0.1) is 25.5 Å². The molecule has 0 aromatic heterocycles. The quantitative estimate of drug-likeness (QED) is 0.247. The molecule has 0 unspecified atom stereocenters. The van der Waals surface area contributed by atoms with Crippen LogP contribution >= 0.6 is 0 Å². The van der Waals surface area contributed by atoms with Crippen LogP contribution in [0.5, 0.6) is 17.2 Å². The zero-order chi connectivity index (χ0) is 22.9. The molecule has 32 heavy (non-hydrogen) atoms. The van der Waals surface area contributed by atoms with E-state index >= 15 is 0 Å². The number of methoxy groups -OCH3 is 1. The summed E-state index contributed by atoms with van der Waals surface area (Å²) in [5.74, 6) is 0.545. The number of benzene rings is 3. The fraction of sp³-hybridized carbons (Fsp3) is 0.160. The van der Waals surface area contributed by atoms with Gasteiger partial charge in [0.15, 0.2) is 11.5 Å². The molecule has 0 radical (unpaired) electrons. The van der Waals surface area contributed by atoms with E-state index in [4.69, 9.17) is 14.2 Å². The van der Waals surface area contributed by atoms with E-state index in [2.05, 4.69) is 10.5 Å². The predicted octanol–water partition coefficient (Wildman–Crippen LogP) is 4.39. The highest BCUT2D eigenvalue weighted by molar-refractivity contribution is 5.95. The largest absolute Gasteiger partial charge is 0.497 e. The molecule has 164 valence electrons. The smallest absolute Gasteiger partial charge is 0.343 e. The van der Waals surface area contributed by atoms with Crippen molar-refractivity contribution in [2.75, 3.05) is 13.7 Å². The number of aryl methyl sites for hydroxylation is 1. The summed E-state index contributed by atoms with van der Waals surface area (Å²) in [4.78, 5) is 24.6. The van der Waals surface area contributed by atoms with Gasteiger partial charge in [-0.2, -0.15) is 5.10 Å². The molecule has 0 saturated carbocycles. The van der Waals surface area contributed by atoms with Crippen LogP contribution in [0.1, 0.15) is 38.8 Å². The van der Waals surface area contributed by atoms with E-state index in [1.54, 1.807) is 61.7 Å². The van der Waals surface area contributed by atoms with Crippen molar-refractivity contribution in [3.8, 4) is 17.2 Å². The van der Waals surface area contributed by atoms with E-state index in [0.717, 1.165) is 5.56 Å². The van der Waals surface area contributed by atoms with Gasteiger partial charge in [-0.3, -0.25) is 4.79 Å². The van der Waals surface area contributed by atoms with Crippen LogP contribution in [0.2, 0.25) is 0 Å². The van der Waals surface area contributed by atoms with Crippen molar-refractivity contribution in [3.05, 3.63) is 89.0 Å². The van der Waals surface area contributed by atoms with Gasteiger partial charge in [0, 0.05) is 5.56 Å². The number of hydrazone groups is 1. The minimum absolute atomic E-state index is 0.303. The Morgan fingerprint density at radius 1 is 0.938 bits per heavy atom. The van der Waals surface area contributed by atoms with Crippen LogP contribution in [-0.2, 0) is 0 Å². The zero-order valence-corrected chi connectivity index (χ0v) is 18.1. The third-order valence-corrected chi connectivity index (χ3v) is 4.49. The molecule has 1 amide bonds. The van der Waals surface area contributed by atoms with Gasteiger partial charge in [-0.25, -0.2) is 10.2 Å². The molecule has 7 heteroatoms. The van der Waals surface area contributed by atoms with Crippen LogP contribution in [0.15, 0.2) is 71.8 Å². The minimum atomic E-state index is -0.473. The molecular weight excluding hydrogens is 408 g/mol. The summed E-state index contributed by atoms with van der Waals surface area (Å²) in [7, 11) is 1.56. The first kappa shape index (κ1) is 22.6. The summed E-state index contributed by atoms with van der Waals surface area (Å²) in [5.41, 5.74) is 5.10. The topological polar surface area (TPSA) is 86.2 Å². The highest BCUT2D eigenvalue weighted by Gasteiger charge is 2.13. The number of amides is 1. The molecule has 0 aliphatic heterocycles. The van der Waals surface area contributed by atoms with Gasteiger partial charge in [-0.1, -0.05) is 17.7 Å². The molecule has 3 aromatic carbocycles. The Hall–Kier alpha value is -4.13. The van der Waals surface area contributed by atoms with Gasteiger partial charge in [0.25, 0.3) is 5.91 Å². The highest BCUT2D eigenvalue weighted by Crippen LogP contribution is 2.29. The number of rotatable bonds is 8. The number of ether oxygens (including phenoxy) is 3. The molecule has 3 rings (SSSR count). The molecule has 0 bridgehead atoms. The maximum absolute atomic E-state index is 12.4.